The second kappa shape index (κ2) is 6.22. The van der Waals surface area contributed by atoms with Crippen LogP contribution in [0.15, 0.2) is 46.9 Å². The molecule has 0 amide bonds. The second-order valence-electron chi connectivity index (χ2n) is 4.79. The topological polar surface area (TPSA) is 32.3 Å². The third kappa shape index (κ3) is 3.82. The van der Waals surface area contributed by atoms with Gasteiger partial charge in [-0.1, -0.05) is 45.8 Å². The fraction of sp³-hybridized carbons (Fsp3) is 0.250. The van der Waals surface area contributed by atoms with Crippen LogP contribution in [-0.4, -0.2) is 5.11 Å². The van der Waals surface area contributed by atoms with Gasteiger partial charge in [-0.3, -0.25) is 0 Å². The number of aromatic hydroxyl groups is 1. The fourth-order valence-electron chi connectivity index (χ4n) is 2.01. The smallest absolute Gasteiger partial charge is 0.120 e. The van der Waals surface area contributed by atoms with Crippen LogP contribution in [0.25, 0.3) is 0 Å². The molecule has 0 fully saturated rings. The van der Waals surface area contributed by atoms with E-state index in [4.69, 9.17) is 0 Å². The van der Waals surface area contributed by atoms with Gasteiger partial charge in [0.1, 0.15) is 5.75 Å². The van der Waals surface area contributed by atoms with Crippen molar-refractivity contribution in [3.05, 3.63) is 63.6 Å². The Morgan fingerprint density at radius 1 is 1.21 bits per heavy atom. The number of hydrogen-bond donors (Lipinski definition) is 2. The number of phenolic OH excluding ortho intramolecular Hbond substituents is 1. The van der Waals surface area contributed by atoms with Crippen LogP contribution < -0.4 is 5.32 Å². The van der Waals surface area contributed by atoms with Gasteiger partial charge in [-0.05, 0) is 37.6 Å². The summed E-state index contributed by atoms with van der Waals surface area (Å²) in [6.07, 6.45) is 0. The lowest BCUT2D eigenvalue weighted by Gasteiger charge is -2.15. The number of aryl methyl sites for hydroxylation is 1. The average Bonchev–Trinajstić information content (AvgIpc) is 2.39. The van der Waals surface area contributed by atoms with Gasteiger partial charge in [0.2, 0.25) is 0 Å². The highest BCUT2D eigenvalue weighted by Gasteiger charge is 2.07. The largest absolute Gasteiger partial charge is 0.508 e. The van der Waals surface area contributed by atoms with Crippen molar-refractivity contribution in [2.24, 2.45) is 0 Å². The summed E-state index contributed by atoms with van der Waals surface area (Å²) in [4.78, 5) is 0. The Kier molecular flexibility index (Phi) is 4.61. The number of rotatable bonds is 4. The van der Waals surface area contributed by atoms with Crippen LogP contribution in [-0.2, 0) is 6.54 Å². The predicted molar refractivity (Wildman–Crippen MR) is 82.2 cm³/mol. The predicted octanol–water partition coefficient (Wildman–Crippen LogP) is 4.31. The molecule has 100 valence electrons. The first-order valence-corrected chi connectivity index (χ1v) is 7.13. The molecule has 0 radical (unpaired) electrons. The Bertz CT molecular complexity index is 568. The summed E-state index contributed by atoms with van der Waals surface area (Å²) >= 11 is 3.48. The van der Waals surface area contributed by atoms with Gasteiger partial charge in [0, 0.05) is 22.6 Å². The molecule has 2 nitrogen and oxygen atoms in total. The molecule has 0 saturated carbocycles. The van der Waals surface area contributed by atoms with E-state index in [0.717, 1.165) is 15.6 Å². The maximum atomic E-state index is 9.82. The molecule has 1 atom stereocenters. The highest BCUT2D eigenvalue weighted by Crippen LogP contribution is 2.21. The molecule has 0 aliphatic heterocycles. The van der Waals surface area contributed by atoms with Gasteiger partial charge in [0.25, 0.3) is 0 Å². The van der Waals surface area contributed by atoms with E-state index in [1.54, 1.807) is 6.07 Å². The van der Waals surface area contributed by atoms with E-state index in [9.17, 15) is 5.11 Å². The Hall–Kier alpha value is -1.32. The van der Waals surface area contributed by atoms with Crippen molar-refractivity contribution in [2.45, 2.75) is 26.4 Å². The molecule has 19 heavy (non-hydrogen) atoms. The van der Waals surface area contributed by atoms with E-state index in [1.807, 2.05) is 31.2 Å². The van der Waals surface area contributed by atoms with Gasteiger partial charge in [0.15, 0.2) is 0 Å². The zero-order valence-electron chi connectivity index (χ0n) is 11.2. The van der Waals surface area contributed by atoms with E-state index < -0.39 is 0 Å². The molecule has 0 aromatic heterocycles. The summed E-state index contributed by atoms with van der Waals surface area (Å²) in [5.74, 6) is 0.347. The third-order valence-corrected chi connectivity index (χ3v) is 3.68. The second-order valence-corrected chi connectivity index (χ2v) is 5.71. The van der Waals surface area contributed by atoms with Crippen LogP contribution in [0.3, 0.4) is 0 Å². The Balaban J connectivity index is 2.04. The monoisotopic (exact) mass is 319 g/mol. The molecular weight excluding hydrogens is 302 g/mol. The first kappa shape index (κ1) is 14.1. The van der Waals surface area contributed by atoms with Crippen molar-refractivity contribution in [1.82, 2.24) is 5.32 Å². The Labute approximate surface area is 122 Å². The minimum absolute atomic E-state index is 0.234. The first-order chi connectivity index (χ1) is 9.06. The Morgan fingerprint density at radius 3 is 2.74 bits per heavy atom. The molecule has 2 aromatic carbocycles. The summed E-state index contributed by atoms with van der Waals surface area (Å²) in [6, 6.07) is 14.1. The van der Waals surface area contributed by atoms with Crippen molar-refractivity contribution < 1.29 is 5.11 Å². The van der Waals surface area contributed by atoms with Crippen molar-refractivity contribution in [2.75, 3.05) is 0 Å². The summed E-state index contributed by atoms with van der Waals surface area (Å²) in [7, 11) is 0. The zero-order valence-corrected chi connectivity index (χ0v) is 12.7. The SMILES string of the molecule is Cc1ccc(O)c(CN[C@H](C)c2cccc(Br)c2)c1. The molecular formula is C16H18BrNO. The molecule has 2 aromatic rings. The van der Waals surface area contributed by atoms with Crippen molar-refractivity contribution >= 4 is 15.9 Å². The summed E-state index contributed by atoms with van der Waals surface area (Å²) in [5, 5.41) is 13.2. The van der Waals surface area contributed by atoms with Gasteiger partial charge in [-0.25, -0.2) is 0 Å². The lowest BCUT2D eigenvalue weighted by molar-refractivity contribution is 0.460. The quantitative estimate of drug-likeness (QED) is 0.879. The van der Waals surface area contributed by atoms with Crippen LogP contribution in [0.2, 0.25) is 0 Å². The van der Waals surface area contributed by atoms with Crippen molar-refractivity contribution in [1.29, 1.82) is 0 Å². The number of halogens is 1. The van der Waals surface area contributed by atoms with Gasteiger partial charge in [-0.15, -0.1) is 0 Å². The maximum absolute atomic E-state index is 9.82. The standard InChI is InChI=1S/C16H18BrNO/c1-11-6-7-16(19)14(8-11)10-18-12(2)13-4-3-5-15(17)9-13/h3-9,12,18-19H,10H2,1-2H3/t12-/m1/s1. The van der Waals surface area contributed by atoms with E-state index in [2.05, 4.69) is 40.3 Å². The van der Waals surface area contributed by atoms with Crippen molar-refractivity contribution in [3.8, 4) is 5.75 Å². The summed E-state index contributed by atoms with van der Waals surface area (Å²) in [6.45, 7) is 4.80. The summed E-state index contributed by atoms with van der Waals surface area (Å²) < 4.78 is 1.08. The van der Waals surface area contributed by atoms with E-state index >= 15 is 0 Å². The summed E-state index contributed by atoms with van der Waals surface area (Å²) in [5.41, 5.74) is 3.31. The molecule has 0 heterocycles. The van der Waals surface area contributed by atoms with Crippen LogP contribution in [0.4, 0.5) is 0 Å². The molecule has 0 bridgehead atoms. The van der Waals surface area contributed by atoms with Crippen LogP contribution in [0.5, 0.6) is 5.75 Å². The molecule has 0 saturated heterocycles. The minimum Gasteiger partial charge on any atom is -0.508 e. The fourth-order valence-corrected chi connectivity index (χ4v) is 2.43. The molecule has 2 rings (SSSR count). The van der Waals surface area contributed by atoms with Crippen LogP contribution in [0, 0.1) is 6.92 Å². The molecule has 2 N–H and O–H groups in total. The normalized spacial score (nSPS) is 12.4. The number of benzene rings is 2. The number of phenols is 1. The van der Waals surface area contributed by atoms with Gasteiger partial charge < -0.3 is 10.4 Å². The minimum atomic E-state index is 0.234. The molecule has 0 unspecified atom stereocenters. The van der Waals surface area contributed by atoms with E-state index in [-0.39, 0.29) is 6.04 Å². The van der Waals surface area contributed by atoms with Gasteiger partial charge in [0.05, 0.1) is 0 Å². The Morgan fingerprint density at radius 2 is 2.00 bits per heavy atom. The van der Waals surface area contributed by atoms with E-state index in [0.29, 0.717) is 12.3 Å². The zero-order chi connectivity index (χ0) is 13.8. The number of nitrogens with one attached hydrogen (secondary N) is 1. The maximum Gasteiger partial charge on any atom is 0.120 e. The van der Waals surface area contributed by atoms with Crippen LogP contribution >= 0.6 is 15.9 Å². The lowest BCUT2D eigenvalue weighted by Crippen LogP contribution is -2.18. The number of hydrogen-bond acceptors (Lipinski definition) is 2. The molecule has 0 aliphatic carbocycles. The van der Waals surface area contributed by atoms with Gasteiger partial charge >= 0.3 is 0 Å². The van der Waals surface area contributed by atoms with Crippen LogP contribution in [0.1, 0.15) is 29.7 Å². The molecule has 3 heteroatoms. The highest BCUT2D eigenvalue weighted by atomic mass is 79.9. The molecule has 0 spiro atoms. The molecule has 0 aliphatic rings. The average molecular weight is 320 g/mol. The first-order valence-electron chi connectivity index (χ1n) is 6.33. The third-order valence-electron chi connectivity index (χ3n) is 3.18. The lowest BCUT2D eigenvalue weighted by atomic mass is 10.1. The van der Waals surface area contributed by atoms with E-state index in [1.165, 1.54) is 5.56 Å². The van der Waals surface area contributed by atoms with Gasteiger partial charge in [-0.2, -0.15) is 0 Å². The highest BCUT2D eigenvalue weighted by molar-refractivity contribution is 9.10. The van der Waals surface area contributed by atoms with Crippen molar-refractivity contribution in [3.63, 3.8) is 0 Å².